The van der Waals surface area contributed by atoms with Gasteiger partial charge in [0.2, 0.25) is 5.91 Å². The van der Waals surface area contributed by atoms with Crippen LogP contribution in [-0.4, -0.2) is 24.1 Å². The fourth-order valence-electron chi connectivity index (χ4n) is 1.77. The molecule has 0 radical (unpaired) electrons. The summed E-state index contributed by atoms with van der Waals surface area (Å²) in [5.74, 6) is -3.15. The number of thiophene rings is 1. The Morgan fingerprint density at radius 3 is 2.70 bits per heavy atom. The highest BCUT2D eigenvalue weighted by atomic mass is 32.2. The second kappa shape index (κ2) is 8.64. The number of thioether (sulfide) groups is 1. The lowest BCUT2D eigenvalue weighted by Crippen LogP contribution is -2.27. The van der Waals surface area contributed by atoms with Crippen LogP contribution in [0.3, 0.4) is 0 Å². The Morgan fingerprint density at radius 2 is 2.00 bits per heavy atom. The minimum atomic E-state index is -2.56. The Morgan fingerprint density at radius 1 is 1.22 bits per heavy atom. The highest BCUT2D eigenvalue weighted by molar-refractivity contribution is 7.99. The predicted octanol–water partition coefficient (Wildman–Crippen LogP) is 3.82. The molecule has 0 aliphatic carbocycles. The zero-order valence-electron chi connectivity index (χ0n) is 11.9. The summed E-state index contributed by atoms with van der Waals surface area (Å²) in [6.45, 7) is 0.171. The van der Waals surface area contributed by atoms with Crippen molar-refractivity contribution in [2.24, 2.45) is 0 Å². The van der Waals surface area contributed by atoms with E-state index in [1.165, 1.54) is 17.4 Å². The van der Waals surface area contributed by atoms with E-state index in [0.29, 0.717) is 27.9 Å². The number of rotatable bonds is 7. The maximum atomic E-state index is 12.5. The van der Waals surface area contributed by atoms with Crippen LogP contribution in [0.1, 0.15) is 16.8 Å². The molecule has 0 atom stereocenters. The van der Waals surface area contributed by atoms with Gasteiger partial charge in [-0.1, -0.05) is 23.9 Å². The number of alkyl halides is 2. The number of hydrogen-bond donors (Lipinski definition) is 2. The Hall–Kier alpha value is -1.93. The molecule has 8 heteroatoms. The van der Waals surface area contributed by atoms with Crippen LogP contribution in [0.4, 0.5) is 14.5 Å². The van der Waals surface area contributed by atoms with Crippen molar-refractivity contribution in [2.45, 2.75) is 17.1 Å². The third-order valence-electron chi connectivity index (χ3n) is 2.80. The molecule has 0 saturated heterocycles. The van der Waals surface area contributed by atoms with Crippen molar-refractivity contribution in [3.05, 3.63) is 46.7 Å². The molecule has 122 valence electrons. The molecule has 1 aromatic heterocycles. The van der Waals surface area contributed by atoms with Gasteiger partial charge in [0.25, 0.3) is 11.7 Å². The van der Waals surface area contributed by atoms with Crippen LogP contribution >= 0.6 is 23.1 Å². The molecule has 0 aliphatic heterocycles. The number of carbonyl (C=O) groups is 2. The summed E-state index contributed by atoms with van der Waals surface area (Å²) in [6.07, 6.45) is 0.0591. The maximum absolute atomic E-state index is 12.5. The van der Waals surface area contributed by atoms with Crippen LogP contribution in [-0.2, 0) is 4.79 Å². The van der Waals surface area contributed by atoms with E-state index in [1.54, 1.807) is 35.0 Å². The molecular formula is C15H14F2N2O2S2. The third kappa shape index (κ3) is 5.65. The van der Waals surface area contributed by atoms with Gasteiger partial charge in [-0.2, -0.15) is 20.1 Å². The number of anilines is 1. The van der Waals surface area contributed by atoms with Gasteiger partial charge >= 0.3 is 0 Å². The molecule has 1 aromatic carbocycles. The third-order valence-corrected chi connectivity index (χ3v) is 4.27. The summed E-state index contributed by atoms with van der Waals surface area (Å²) < 4.78 is 24.9. The standard InChI is InChI=1S/C15H14F2N2O2S2/c16-15(17)23-12-4-2-1-3-11(12)19-13(20)5-7-18-14(21)10-6-8-22-9-10/h1-4,6,8-9,15H,5,7H2,(H,18,21)(H,19,20). The quantitative estimate of drug-likeness (QED) is 0.742. The van der Waals surface area contributed by atoms with Crippen LogP contribution in [0.25, 0.3) is 0 Å². The predicted molar refractivity (Wildman–Crippen MR) is 88.2 cm³/mol. The molecular weight excluding hydrogens is 342 g/mol. The number of carbonyl (C=O) groups excluding carboxylic acids is 2. The first-order valence-corrected chi connectivity index (χ1v) is 8.52. The van der Waals surface area contributed by atoms with Gasteiger partial charge in [0.05, 0.1) is 5.69 Å². The molecule has 2 rings (SSSR count). The molecule has 0 fully saturated rings. The zero-order chi connectivity index (χ0) is 16.7. The summed E-state index contributed by atoms with van der Waals surface area (Å²) in [5, 5.41) is 8.72. The topological polar surface area (TPSA) is 58.2 Å². The molecule has 2 amide bonds. The molecule has 0 unspecified atom stereocenters. The fraction of sp³-hybridized carbons (Fsp3) is 0.200. The highest BCUT2D eigenvalue weighted by Crippen LogP contribution is 2.31. The molecule has 0 saturated carbocycles. The molecule has 4 nitrogen and oxygen atoms in total. The lowest BCUT2D eigenvalue weighted by molar-refractivity contribution is -0.116. The van der Waals surface area contributed by atoms with Gasteiger partial charge in [0.1, 0.15) is 0 Å². The second-order valence-corrected chi connectivity index (χ2v) is 6.25. The fourth-order valence-corrected chi connectivity index (χ4v) is 3.00. The Kier molecular flexibility index (Phi) is 6.54. The van der Waals surface area contributed by atoms with Crippen molar-refractivity contribution < 1.29 is 18.4 Å². The van der Waals surface area contributed by atoms with E-state index in [9.17, 15) is 18.4 Å². The van der Waals surface area contributed by atoms with Gasteiger partial charge in [-0.15, -0.1) is 0 Å². The summed E-state index contributed by atoms with van der Waals surface area (Å²) in [5.41, 5.74) is 0.890. The first-order valence-electron chi connectivity index (χ1n) is 6.70. The number of benzene rings is 1. The van der Waals surface area contributed by atoms with Crippen LogP contribution in [0, 0.1) is 0 Å². The first kappa shape index (κ1) is 17.4. The zero-order valence-corrected chi connectivity index (χ0v) is 13.6. The van der Waals surface area contributed by atoms with Gasteiger partial charge in [-0.3, -0.25) is 9.59 Å². The molecule has 23 heavy (non-hydrogen) atoms. The SMILES string of the molecule is O=C(CCNC(=O)c1ccsc1)Nc1ccccc1SC(F)F. The lowest BCUT2D eigenvalue weighted by atomic mass is 10.3. The second-order valence-electron chi connectivity index (χ2n) is 4.44. The van der Waals surface area contributed by atoms with E-state index < -0.39 is 5.76 Å². The highest BCUT2D eigenvalue weighted by Gasteiger charge is 2.12. The number of nitrogens with one attached hydrogen (secondary N) is 2. The first-order chi connectivity index (χ1) is 11.1. The van der Waals surface area contributed by atoms with Crippen molar-refractivity contribution in [1.29, 1.82) is 0 Å². The van der Waals surface area contributed by atoms with Gasteiger partial charge < -0.3 is 10.6 Å². The van der Waals surface area contributed by atoms with Gasteiger partial charge in [-0.05, 0) is 23.6 Å². The van der Waals surface area contributed by atoms with Gasteiger partial charge in [-0.25, -0.2) is 0 Å². The summed E-state index contributed by atoms with van der Waals surface area (Å²) in [6, 6.07) is 8.06. The van der Waals surface area contributed by atoms with Crippen molar-refractivity contribution in [2.75, 3.05) is 11.9 Å². The Labute approximate surface area is 140 Å². The average molecular weight is 356 g/mol. The monoisotopic (exact) mass is 356 g/mol. The summed E-state index contributed by atoms with van der Waals surface area (Å²) >= 11 is 1.79. The van der Waals surface area contributed by atoms with Gasteiger partial charge in [0.15, 0.2) is 0 Å². The number of hydrogen-bond acceptors (Lipinski definition) is 4. The van der Waals surface area contributed by atoms with Gasteiger partial charge in [0, 0.05) is 28.8 Å². The van der Waals surface area contributed by atoms with Crippen molar-refractivity contribution in [1.82, 2.24) is 5.32 Å². The van der Waals surface area contributed by atoms with Crippen LogP contribution in [0.5, 0.6) is 0 Å². The minimum absolute atomic E-state index is 0.0591. The average Bonchev–Trinajstić information content (AvgIpc) is 3.03. The molecule has 0 bridgehead atoms. The van der Waals surface area contributed by atoms with E-state index in [2.05, 4.69) is 10.6 Å². The number of para-hydroxylation sites is 1. The molecule has 0 aliphatic rings. The van der Waals surface area contributed by atoms with Crippen molar-refractivity contribution in [3.8, 4) is 0 Å². The van der Waals surface area contributed by atoms with E-state index in [1.807, 2.05) is 0 Å². The molecule has 0 spiro atoms. The van der Waals surface area contributed by atoms with Crippen LogP contribution < -0.4 is 10.6 Å². The Balaban J connectivity index is 1.82. The van der Waals surface area contributed by atoms with Crippen LogP contribution in [0.2, 0.25) is 0 Å². The Bertz CT molecular complexity index is 663. The van der Waals surface area contributed by atoms with Crippen molar-refractivity contribution in [3.63, 3.8) is 0 Å². The van der Waals surface area contributed by atoms with E-state index in [4.69, 9.17) is 0 Å². The molecule has 2 N–H and O–H groups in total. The minimum Gasteiger partial charge on any atom is -0.351 e. The largest absolute Gasteiger partial charge is 0.351 e. The summed E-state index contributed by atoms with van der Waals surface area (Å²) in [7, 11) is 0. The van der Waals surface area contributed by atoms with Crippen molar-refractivity contribution >= 4 is 40.6 Å². The van der Waals surface area contributed by atoms with E-state index in [-0.39, 0.29) is 24.8 Å². The number of amides is 2. The molecule has 1 heterocycles. The van der Waals surface area contributed by atoms with E-state index in [0.717, 1.165) is 0 Å². The van der Waals surface area contributed by atoms with E-state index >= 15 is 0 Å². The summed E-state index contributed by atoms with van der Waals surface area (Å²) in [4.78, 5) is 23.9. The lowest BCUT2D eigenvalue weighted by Gasteiger charge is -2.10. The maximum Gasteiger partial charge on any atom is 0.288 e. The van der Waals surface area contributed by atoms with Crippen LogP contribution in [0.15, 0.2) is 46.0 Å². The smallest absolute Gasteiger partial charge is 0.288 e. The normalized spacial score (nSPS) is 10.6. The molecule has 2 aromatic rings. The number of halogens is 2.